The fourth-order valence-electron chi connectivity index (χ4n) is 4.63. The van der Waals surface area contributed by atoms with E-state index >= 15 is 0 Å². The van der Waals surface area contributed by atoms with E-state index in [0.717, 1.165) is 24.2 Å². The molecule has 1 fully saturated rings. The lowest BCUT2D eigenvalue weighted by Crippen LogP contribution is -2.60. The maximum Gasteiger partial charge on any atom is 0.229 e. The Morgan fingerprint density at radius 3 is 2.56 bits per heavy atom. The lowest BCUT2D eigenvalue weighted by atomic mass is 9.79. The number of nitriles is 1. The molecule has 4 rings (SSSR count). The van der Waals surface area contributed by atoms with Gasteiger partial charge < -0.3 is 16.0 Å². The SMILES string of the molecule is CN1CN(c2cccc(Nc3ncc(C#N)c(NC4CC(C)(C)NC(C)(C)C4)n3)c2)N=N1. The molecule has 1 aromatic heterocycles. The zero-order valence-corrected chi connectivity index (χ0v) is 19.2. The molecular weight excluding hydrogens is 404 g/mol. The van der Waals surface area contributed by atoms with Crippen LogP contribution in [0.5, 0.6) is 0 Å². The molecule has 0 spiro atoms. The van der Waals surface area contributed by atoms with Crippen LogP contribution in [0.15, 0.2) is 40.9 Å². The van der Waals surface area contributed by atoms with E-state index in [2.05, 4.69) is 70.1 Å². The second-order valence-corrected chi connectivity index (χ2v) is 9.76. The highest BCUT2D eigenvalue weighted by molar-refractivity contribution is 5.63. The zero-order chi connectivity index (χ0) is 22.9. The highest BCUT2D eigenvalue weighted by Gasteiger charge is 2.38. The second kappa shape index (κ2) is 8.24. The summed E-state index contributed by atoms with van der Waals surface area (Å²) in [7, 11) is 1.87. The van der Waals surface area contributed by atoms with Crippen LogP contribution in [0, 0.1) is 11.3 Å². The summed E-state index contributed by atoms with van der Waals surface area (Å²) in [5, 5.41) is 31.7. The van der Waals surface area contributed by atoms with Gasteiger partial charge in [0.1, 0.15) is 24.1 Å². The van der Waals surface area contributed by atoms with Crippen LogP contribution in [0.25, 0.3) is 0 Å². The molecule has 32 heavy (non-hydrogen) atoms. The topological polar surface area (TPSA) is 117 Å². The van der Waals surface area contributed by atoms with Crippen molar-refractivity contribution >= 4 is 23.1 Å². The maximum atomic E-state index is 9.58. The summed E-state index contributed by atoms with van der Waals surface area (Å²) >= 11 is 0. The molecule has 1 saturated heterocycles. The molecule has 0 bridgehead atoms. The van der Waals surface area contributed by atoms with Gasteiger partial charge in [0, 0.05) is 29.9 Å². The van der Waals surface area contributed by atoms with Gasteiger partial charge in [-0.05, 0) is 64.0 Å². The third-order valence-corrected chi connectivity index (χ3v) is 5.48. The highest BCUT2D eigenvalue weighted by Crippen LogP contribution is 2.31. The minimum Gasteiger partial charge on any atom is -0.366 e. The monoisotopic (exact) mass is 434 g/mol. The normalized spacial score (nSPS) is 19.6. The Morgan fingerprint density at radius 1 is 1.16 bits per heavy atom. The summed E-state index contributed by atoms with van der Waals surface area (Å²) < 4.78 is 0. The Morgan fingerprint density at radius 2 is 1.91 bits per heavy atom. The van der Waals surface area contributed by atoms with Crippen molar-refractivity contribution in [1.82, 2.24) is 20.3 Å². The van der Waals surface area contributed by atoms with Crippen LogP contribution in [0.3, 0.4) is 0 Å². The zero-order valence-electron chi connectivity index (χ0n) is 19.2. The van der Waals surface area contributed by atoms with E-state index in [1.54, 1.807) is 16.2 Å². The van der Waals surface area contributed by atoms with E-state index in [1.165, 1.54) is 0 Å². The number of piperidine rings is 1. The molecule has 0 unspecified atom stereocenters. The van der Waals surface area contributed by atoms with Gasteiger partial charge in [-0.1, -0.05) is 11.3 Å². The number of anilines is 4. The molecule has 1 aromatic carbocycles. The standard InChI is InChI=1S/C22H30N10/c1-21(2)10-17(11-22(3,4)28-21)25-19-15(12-23)13-24-20(27-19)26-16-7-6-8-18(9-16)32-14-31(5)29-30-32/h6-9,13,17,28H,10-11,14H2,1-5H3,(H2,24,25,26,27). The summed E-state index contributed by atoms with van der Waals surface area (Å²) in [5.41, 5.74) is 2.14. The summed E-state index contributed by atoms with van der Waals surface area (Å²) in [6, 6.07) is 10.2. The van der Waals surface area contributed by atoms with Crippen molar-refractivity contribution in [2.45, 2.75) is 57.7 Å². The fraction of sp³-hybridized carbons (Fsp3) is 0.500. The molecule has 10 heteroatoms. The lowest BCUT2D eigenvalue weighted by molar-refractivity contribution is 0.170. The molecule has 10 nitrogen and oxygen atoms in total. The average molecular weight is 435 g/mol. The fourth-order valence-corrected chi connectivity index (χ4v) is 4.63. The number of benzene rings is 1. The Bertz CT molecular complexity index is 1040. The van der Waals surface area contributed by atoms with Gasteiger partial charge in [0.15, 0.2) is 0 Å². The van der Waals surface area contributed by atoms with Crippen molar-refractivity contribution in [3.05, 3.63) is 36.0 Å². The summed E-state index contributed by atoms with van der Waals surface area (Å²) in [5.74, 6) is 0.978. The molecular formula is C22H30N10. The lowest BCUT2D eigenvalue weighted by Gasteiger charge is -2.46. The molecule has 0 amide bonds. The largest absolute Gasteiger partial charge is 0.366 e. The number of rotatable bonds is 5. The average Bonchev–Trinajstić information content (AvgIpc) is 3.12. The van der Waals surface area contributed by atoms with E-state index in [4.69, 9.17) is 0 Å². The van der Waals surface area contributed by atoms with Crippen molar-refractivity contribution in [3.63, 3.8) is 0 Å². The Balaban J connectivity index is 1.53. The van der Waals surface area contributed by atoms with Gasteiger partial charge in [-0.15, -0.1) is 0 Å². The number of nitrogens with zero attached hydrogens (tertiary/aromatic N) is 7. The third kappa shape index (κ3) is 5.06. The quantitative estimate of drug-likeness (QED) is 0.650. The first kappa shape index (κ1) is 21.8. The Kier molecular flexibility index (Phi) is 5.60. The van der Waals surface area contributed by atoms with E-state index in [0.29, 0.717) is 24.0 Å². The van der Waals surface area contributed by atoms with Crippen molar-refractivity contribution < 1.29 is 0 Å². The van der Waals surface area contributed by atoms with Crippen LogP contribution in [0.4, 0.5) is 23.1 Å². The summed E-state index contributed by atoms with van der Waals surface area (Å²) in [6.07, 6.45) is 3.41. The van der Waals surface area contributed by atoms with Gasteiger partial charge in [0.2, 0.25) is 5.95 Å². The highest BCUT2D eigenvalue weighted by atomic mass is 15.8. The first-order valence-electron chi connectivity index (χ1n) is 10.7. The van der Waals surface area contributed by atoms with E-state index in [-0.39, 0.29) is 17.1 Å². The maximum absolute atomic E-state index is 9.58. The number of aromatic nitrogens is 2. The first-order valence-corrected chi connectivity index (χ1v) is 10.7. The summed E-state index contributed by atoms with van der Waals surface area (Å²) in [6.45, 7) is 9.39. The van der Waals surface area contributed by atoms with E-state index in [1.807, 2.05) is 31.3 Å². The van der Waals surface area contributed by atoms with Gasteiger partial charge in [-0.25, -0.2) is 9.99 Å². The molecule has 2 aliphatic rings. The molecule has 0 atom stereocenters. The van der Waals surface area contributed by atoms with Crippen LogP contribution in [-0.2, 0) is 0 Å². The predicted octanol–water partition coefficient (Wildman–Crippen LogP) is 3.80. The smallest absolute Gasteiger partial charge is 0.229 e. The van der Waals surface area contributed by atoms with Crippen molar-refractivity contribution in [3.8, 4) is 6.07 Å². The van der Waals surface area contributed by atoms with Gasteiger partial charge in [0.25, 0.3) is 0 Å². The predicted molar refractivity (Wildman–Crippen MR) is 124 cm³/mol. The first-order chi connectivity index (χ1) is 15.1. The van der Waals surface area contributed by atoms with Crippen LogP contribution in [-0.4, -0.2) is 45.8 Å². The summed E-state index contributed by atoms with van der Waals surface area (Å²) in [4.78, 5) is 8.96. The molecule has 2 aliphatic heterocycles. The molecule has 0 saturated carbocycles. The minimum absolute atomic E-state index is 0.0121. The van der Waals surface area contributed by atoms with Gasteiger partial charge in [0.05, 0.1) is 11.9 Å². The molecule has 2 aromatic rings. The van der Waals surface area contributed by atoms with E-state index < -0.39 is 0 Å². The second-order valence-electron chi connectivity index (χ2n) is 9.76. The molecule has 168 valence electrons. The number of nitrogens with one attached hydrogen (secondary N) is 3. The van der Waals surface area contributed by atoms with Crippen molar-refractivity contribution in [2.24, 2.45) is 10.4 Å². The van der Waals surface area contributed by atoms with Crippen molar-refractivity contribution in [2.75, 3.05) is 29.4 Å². The molecule has 3 heterocycles. The Hall–Kier alpha value is -3.45. The molecule has 0 aliphatic carbocycles. The number of hydrogen-bond donors (Lipinski definition) is 3. The van der Waals surface area contributed by atoms with Crippen molar-refractivity contribution in [1.29, 1.82) is 5.26 Å². The van der Waals surface area contributed by atoms with Crippen LogP contribution >= 0.6 is 0 Å². The van der Waals surface area contributed by atoms with Gasteiger partial charge in [-0.3, -0.25) is 5.01 Å². The number of hydrogen-bond acceptors (Lipinski definition) is 10. The van der Waals surface area contributed by atoms with Crippen LogP contribution < -0.4 is 21.0 Å². The van der Waals surface area contributed by atoms with Gasteiger partial charge in [-0.2, -0.15) is 10.2 Å². The minimum atomic E-state index is -0.0121. The van der Waals surface area contributed by atoms with Crippen LogP contribution in [0.1, 0.15) is 46.1 Å². The van der Waals surface area contributed by atoms with E-state index in [9.17, 15) is 5.26 Å². The third-order valence-electron chi connectivity index (χ3n) is 5.48. The molecule has 0 radical (unpaired) electrons. The van der Waals surface area contributed by atoms with Gasteiger partial charge >= 0.3 is 0 Å². The van der Waals surface area contributed by atoms with Crippen LogP contribution in [0.2, 0.25) is 0 Å². The molecule has 3 N–H and O–H groups in total. The Labute approximate surface area is 188 Å².